The molecule has 0 radical (unpaired) electrons. The number of nitro benzene ring substituents is 1. The Morgan fingerprint density at radius 1 is 1.50 bits per heavy atom. The molecular weight excluding hydrogens is 318 g/mol. The van der Waals surface area contributed by atoms with E-state index in [2.05, 4.69) is 5.32 Å². The number of ether oxygens (including phenoxy) is 1. The second-order valence-electron chi connectivity index (χ2n) is 5.60. The van der Waals surface area contributed by atoms with Crippen molar-refractivity contribution in [3.8, 4) is 5.75 Å². The zero-order valence-corrected chi connectivity index (χ0v) is 13.2. The third-order valence-electron chi connectivity index (χ3n) is 3.89. The van der Waals surface area contributed by atoms with E-state index < -0.39 is 16.8 Å². The number of amides is 1. The van der Waals surface area contributed by atoms with Crippen LogP contribution in [0.15, 0.2) is 18.2 Å². The second kappa shape index (κ2) is 7.73. The number of nitrogens with zero attached hydrogens (tertiary/aromatic N) is 2. The van der Waals surface area contributed by atoms with Gasteiger partial charge < -0.3 is 15.2 Å². The lowest BCUT2D eigenvalue weighted by atomic mass is 9.98. The number of anilines is 1. The van der Waals surface area contributed by atoms with Gasteiger partial charge in [-0.05, 0) is 25.5 Å². The minimum atomic E-state index is -0.861. The van der Waals surface area contributed by atoms with Gasteiger partial charge in [0.15, 0.2) is 0 Å². The van der Waals surface area contributed by atoms with E-state index in [0.29, 0.717) is 31.7 Å². The summed E-state index contributed by atoms with van der Waals surface area (Å²) >= 11 is 0. The molecule has 2 rings (SSSR count). The number of aliphatic carboxylic acids is 1. The molecule has 1 unspecified atom stereocenters. The summed E-state index contributed by atoms with van der Waals surface area (Å²) in [6.45, 7) is 0.980. The van der Waals surface area contributed by atoms with Crippen LogP contribution in [-0.4, -0.2) is 53.6 Å². The van der Waals surface area contributed by atoms with Gasteiger partial charge in [-0.3, -0.25) is 24.6 Å². The number of hydrogen-bond acceptors (Lipinski definition) is 6. The van der Waals surface area contributed by atoms with E-state index in [-0.39, 0.29) is 23.8 Å². The van der Waals surface area contributed by atoms with Gasteiger partial charge in [0.2, 0.25) is 5.91 Å². The smallest absolute Gasteiger partial charge is 0.307 e. The van der Waals surface area contributed by atoms with E-state index in [9.17, 15) is 19.7 Å². The summed E-state index contributed by atoms with van der Waals surface area (Å²) in [4.78, 5) is 35.3. The molecule has 0 spiro atoms. The lowest BCUT2D eigenvalue weighted by Gasteiger charge is -2.29. The fourth-order valence-electron chi connectivity index (χ4n) is 2.70. The number of methoxy groups -OCH3 is 1. The average Bonchev–Trinajstić information content (AvgIpc) is 2.54. The molecule has 9 nitrogen and oxygen atoms in total. The largest absolute Gasteiger partial charge is 0.495 e. The molecule has 24 heavy (non-hydrogen) atoms. The molecule has 0 bridgehead atoms. The van der Waals surface area contributed by atoms with Crippen molar-refractivity contribution >= 4 is 23.3 Å². The number of carbonyl (C=O) groups excluding carboxylic acids is 1. The number of rotatable bonds is 6. The first-order valence-electron chi connectivity index (χ1n) is 7.48. The van der Waals surface area contributed by atoms with Crippen molar-refractivity contribution in [1.29, 1.82) is 0 Å². The number of carboxylic acids is 1. The molecule has 1 fully saturated rings. The summed E-state index contributed by atoms with van der Waals surface area (Å²) in [5.41, 5.74) is 0.0542. The maximum absolute atomic E-state index is 12.2. The highest BCUT2D eigenvalue weighted by molar-refractivity contribution is 5.94. The van der Waals surface area contributed by atoms with Gasteiger partial charge in [-0.15, -0.1) is 0 Å². The van der Waals surface area contributed by atoms with Gasteiger partial charge in [0, 0.05) is 18.7 Å². The average molecular weight is 337 g/mol. The molecule has 1 aromatic rings. The summed E-state index contributed by atoms with van der Waals surface area (Å²) in [6.07, 6.45) is 1.32. The van der Waals surface area contributed by atoms with Gasteiger partial charge >= 0.3 is 5.97 Å². The molecule has 1 amide bonds. The van der Waals surface area contributed by atoms with Gasteiger partial charge in [0.05, 0.1) is 30.2 Å². The Kier molecular flexibility index (Phi) is 5.69. The van der Waals surface area contributed by atoms with E-state index in [1.54, 1.807) is 4.90 Å². The summed E-state index contributed by atoms with van der Waals surface area (Å²) in [7, 11) is 1.40. The van der Waals surface area contributed by atoms with Crippen LogP contribution >= 0.6 is 0 Å². The minimum absolute atomic E-state index is 0.0234. The van der Waals surface area contributed by atoms with Crippen LogP contribution in [0.3, 0.4) is 0 Å². The third kappa shape index (κ3) is 4.42. The fraction of sp³-hybridized carbons (Fsp3) is 0.467. The number of nitrogens with one attached hydrogen (secondary N) is 1. The molecule has 9 heteroatoms. The van der Waals surface area contributed by atoms with Crippen molar-refractivity contribution in [2.24, 2.45) is 5.92 Å². The SMILES string of the molecule is COc1ccc([N+](=O)[O-])cc1NC(=O)CN1CCCC(C(=O)O)C1. The molecule has 0 saturated carbocycles. The summed E-state index contributed by atoms with van der Waals surface area (Å²) in [5, 5.41) is 22.5. The highest BCUT2D eigenvalue weighted by Gasteiger charge is 2.26. The molecule has 0 aliphatic carbocycles. The van der Waals surface area contributed by atoms with Crippen LogP contribution in [0.4, 0.5) is 11.4 Å². The standard InChI is InChI=1S/C15H19N3O6/c1-24-13-5-4-11(18(22)23)7-12(13)16-14(19)9-17-6-2-3-10(8-17)15(20)21/h4-5,7,10H,2-3,6,8-9H2,1H3,(H,16,19)(H,20,21). The van der Waals surface area contributed by atoms with Gasteiger partial charge in [-0.25, -0.2) is 0 Å². The molecule has 1 atom stereocenters. The first-order valence-corrected chi connectivity index (χ1v) is 7.48. The third-order valence-corrected chi connectivity index (χ3v) is 3.89. The number of carboxylic acid groups (broad SMARTS) is 1. The molecule has 1 saturated heterocycles. The molecular formula is C15H19N3O6. The van der Waals surface area contributed by atoms with Crippen molar-refractivity contribution in [2.45, 2.75) is 12.8 Å². The number of nitro groups is 1. The molecule has 1 aliphatic heterocycles. The molecule has 130 valence electrons. The van der Waals surface area contributed by atoms with Crippen LogP contribution in [0.25, 0.3) is 0 Å². The lowest BCUT2D eigenvalue weighted by molar-refractivity contribution is -0.384. The Morgan fingerprint density at radius 3 is 2.88 bits per heavy atom. The van der Waals surface area contributed by atoms with Crippen LogP contribution < -0.4 is 10.1 Å². The maximum atomic E-state index is 12.2. The Morgan fingerprint density at radius 2 is 2.25 bits per heavy atom. The highest BCUT2D eigenvalue weighted by atomic mass is 16.6. The zero-order chi connectivity index (χ0) is 17.7. The van der Waals surface area contributed by atoms with Gasteiger partial charge in [-0.1, -0.05) is 0 Å². The van der Waals surface area contributed by atoms with Crippen LogP contribution in [0, 0.1) is 16.0 Å². The van der Waals surface area contributed by atoms with Crippen molar-refractivity contribution in [3.63, 3.8) is 0 Å². The minimum Gasteiger partial charge on any atom is -0.495 e. The molecule has 1 aliphatic rings. The topological polar surface area (TPSA) is 122 Å². The lowest BCUT2D eigenvalue weighted by Crippen LogP contribution is -2.42. The normalized spacial score (nSPS) is 18.0. The summed E-state index contributed by atoms with van der Waals surface area (Å²) < 4.78 is 5.09. The number of likely N-dealkylation sites (tertiary alicyclic amines) is 1. The number of benzene rings is 1. The van der Waals surface area contributed by atoms with E-state index in [1.165, 1.54) is 25.3 Å². The Labute approximate surface area is 138 Å². The van der Waals surface area contributed by atoms with Crippen LogP contribution in [0.1, 0.15) is 12.8 Å². The van der Waals surface area contributed by atoms with E-state index >= 15 is 0 Å². The van der Waals surface area contributed by atoms with E-state index in [0.717, 1.165) is 0 Å². The van der Waals surface area contributed by atoms with E-state index in [4.69, 9.17) is 9.84 Å². The fourth-order valence-corrected chi connectivity index (χ4v) is 2.70. The number of hydrogen-bond donors (Lipinski definition) is 2. The van der Waals surface area contributed by atoms with Crippen molar-refractivity contribution in [1.82, 2.24) is 4.90 Å². The maximum Gasteiger partial charge on any atom is 0.307 e. The van der Waals surface area contributed by atoms with Crippen molar-refractivity contribution in [2.75, 3.05) is 32.1 Å². The highest BCUT2D eigenvalue weighted by Crippen LogP contribution is 2.29. The van der Waals surface area contributed by atoms with Crippen molar-refractivity contribution < 1.29 is 24.4 Å². The first-order chi connectivity index (χ1) is 11.4. The van der Waals surface area contributed by atoms with E-state index in [1.807, 2.05) is 0 Å². The Bertz CT molecular complexity index is 648. The van der Waals surface area contributed by atoms with Crippen LogP contribution in [-0.2, 0) is 9.59 Å². The Hall–Kier alpha value is -2.68. The van der Waals surface area contributed by atoms with Gasteiger partial charge in [-0.2, -0.15) is 0 Å². The predicted molar refractivity (Wildman–Crippen MR) is 85.1 cm³/mol. The van der Waals surface area contributed by atoms with Crippen LogP contribution in [0.2, 0.25) is 0 Å². The number of non-ortho nitro benzene ring substituents is 1. The van der Waals surface area contributed by atoms with Crippen molar-refractivity contribution in [3.05, 3.63) is 28.3 Å². The molecule has 1 aromatic carbocycles. The molecule has 0 aromatic heterocycles. The Balaban J connectivity index is 2.02. The summed E-state index contributed by atoms with van der Waals surface area (Å²) in [6, 6.07) is 3.93. The zero-order valence-electron chi connectivity index (χ0n) is 13.2. The first kappa shape index (κ1) is 17.7. The second-order valence-corrected chi connectivity index (χ2v) is 5.60. The van der Waals surface area contributed by atoms with Gasteiger partial charge in [0.25, 0.3) is 5.69 Å². The van der Waals surface area contributed by atoms with Crippen LogP contribution in [0.5, 0.6) is 5.75 Å². The quantitative estimate of drug-likeness (QED) is 0.593. The predicted octanol–water partition coefficient (Wildman–Crippen LogP) is 1.34. The number of carbonyl (C=O) groups is 2. The molecule has 1 heterocycles. The summed E-state index contributed by atoms with van der Waals surface area (Å²) in [5.74, 6) is -1.39. The van der Waals surface area contributed by atoms with Gasteiger partial charge in [0.1, 0.15) is 5.75 Å². The molecule has 2 N–H and O–H groups in total. The monoisotopic (exact) mass is 337 g/mol. The number of piperidine rings is 1.